The van der Waals surface area contributed by atoms with Crippen molar-refractivity contribution in [2.75, 3.05) is 10.5 Å². The largest absolute Gasteiger partial charge is 0.338 e. The maximum absolute atomic E-state index is 12.1. The molecule has 0 heterocycles. The zero-order valence-corrected chi connectivity index (χ0v) is 14.0. The van der Waals surface area contributed by atoms with Crippen LogP contribution in [0, 0.1) is 24.2 Å². The van der Waals surface area contributed by atoms with Gasteiger partial charge in [0, 0.05) is 5.69 Å². The summed E-state index contributed by atoms with van der Waals surface area (Å²) in [5, 5.41) is 11.4. The third kappa shape index (κ3) is 5.74. The lowest BCUT2D eigenvalue weighted by Gasteiger charge is -2.20. The van der Waals surface area contributed by atoms with Crippen LogP contribution in [0.3, 0.4) is 0 Å². The fraction of sp³-hybridized carbons (Fsp3) is 0.467. The number of amides is 1. The van der Waals surface area contributed by atoms with Gasteiger partial charge in [-0.25, -0.2) is 8.42 Å². The van der Waals surface area contributed by atoms with Crippen molar-refractivity contribution >= 4 is 21.6 Å². The maximum atomic E-state index is 12.1. The van der Waals surface area contributed by atoms with Gasteiger partial charge in [0.25, 0.3) is 0 Å². The number of carbonyl (C=O) groups is 1. The molecule has 22 heavy (non-hydrogen) atoms. The predicted molar refractivity (Wildman–Crippen MR) is 85.6 cm³/mol. The minimum absolute atomic E-state index is 0.353. The third-order valence-corrected chi connectivity index (χ3v) is 4.44. The molecule has 0 aliphatic carbocycles. The van der Waals surface area contributed by atoms with Gasteiger partial charge in [-0.05, 0) is 32.9 Å². The number of hydrogen-bond acceptors (Lipinski definition) is 4. The Labute approximate surface area is 131 Å². The maximum Gasteiger partial charge on any atom is 0.233 e. The molecule has 1 atom stereocenters. The monoisotopic (exact) mass is 323 g/mol. The Hall–Kier alpha value is -2.07. The second-order valence-corrected chi connectivity index (χ2v) is 7.64. The minimum atomic E-state index is -3.65. The summed E-state index contributed by atoms with van der Waals surface area (Å²) in [4.78, 5) is 11.9. The number of nitrogens with zero attached hydrogens (tertiary/aromatic N) is 1. The first-order valence-corrected chi connectivity index (χ1v) is 8.50. The molecule has 1 aromatic carbocycles. The van der Waals surface area contributed by atoms with E-state index in [4.69, 9.17) is 5.26 Å². The number of anilines is 1. The molecule has 1 aromatic rings. The number of nitrogens with one attached hydrogen (secondary N) is 2. The van der Waals surface area contributed by atoms with Crippen molar-refractivity contribution in [3.63, 3.8) is 0 Å². The van der Waals surface area contributed by atoms with Crippen molar-refractivity contribution in [2.24, 2.45) is 5.92 Å². The number of aryl methyl sites for hydroxylation is 1. The van der Waals surface area contributed by atoms with E-state index in [0.717, 1.165) is 5.56 Å². The fourth-order valence-corrected chi connectivity index (χ4v) is 3.09. The van der Waals surface area contributed by atoms with Gasteiger partial charge in [0.2, 0.25) is 15.9 Å². The van der Waals surface area contributed by atoms with Crippen LogP contribution in [0.4, 0.5) is 5.69 Å². The topological polar surface area (TPSA) is 99.1 Å². The first-order valence-electron chi connectivity index (χ1n) is 6.85. The van der Waals surface area contributed by atoms with Gasteiger partial charge < -0.3 is 5.32 Å². The van der Waals surface area contributed by atoms with Crippen LogP contribution in [0.1, 0.15) is 26.3 Å². The highest BCUT2D eigenvalue weighted by Gasteiger charge is 2.26. The summed E-state index contributed by atoms with van der Waals surface area (Å²) in [6.45, 7) is 6.52. The lowest BCUT2D eigenvalue weighted by molar-refractivity contribution is -0.124. The summed E-state index contributed by atoms with van der Waals surface area (Å²) >= 11 is 0. The van der Waals surface area contributed by atoms with Crippen LogP contribution >= 0.6 is 0 Å². The molecule has 1 rings (SSSR count). The second-order valence-electron chi connectivity index (χ2n) is 5.88. The molecule has 1 unspecified atom stereocenters. The summed E-state index contributed by atoms with van der Waals surface area (Å²) in [5.74, 6) is -1.59. The molecule has 2 N–H and O–H groups in total. The number of nitriles is 1. The van der Waals surface area contributed by atoms with E-state index in [0.29, 0.717) is 5.69 Å². The van der Waals surface area contributed by atoms with Crippen molar-refractivity contribution < 1.29 is 13.2 Å². The number of hydrogen-bond donors (Lipinski definition) is 2. The number of benzene rings is 1. The van der Waals surface area contributed by atoms with Crippen molar-refractivity contribution in [3.8, 4) is 6.07 Å². The smallest absolute Gasteiger partial charge is 0.233 e. The van der Waals surface area contributed by atoms with E-state index in [1.807, 2.05) is 13.0 Å². The van der Waals surface area contributed by atoms with Crippen LogP contribution in [0.15, 0.2) is 24.3 Å². The molecule has 0 aliphatic rings. The summed E-state index contributed by atoms with van der Waals surface area (Å²) in [7, 11) is -3.65. The van der Waals surface area contributed by atoms with Crippen LogP contribution in [-0.2, 0) is 14.8 Å². The number of rotatable bonds is 6. The summed E-state index contributed by atoms with van der Waals surface area (Å²) in [6, 6.07) is 8.85. The first kappa shape index (κ1) is 18.0. The van der Waals surface area contributed by atoms with Crippen LogP contribution in [0.2, 0.25) is 0 Å². The summed E-state index contributed by atoms with van der Waals surface area (Å²) < 4.78 is 26.6. The van der Waals surface area contributed by atoms with E-state index in [9.17, 15) is 13.2 Å². The highest BCUT2D eigenvalue weighted by Crippen LogP contribution is 2.13. The van der Waals surface area contributed by atoms with Gasteiger partial charge in [-0.3, -0.25) is 9.52 Å². The third-order valence-electron chi connectivity index (χ3n) is 2.96. The molecular formula is C15H21N3O3S. The Bertz CT molecular complexity index is 673. The van der Waals surface area contributed by atoms with Crippen LogP contribution < -0.4 is 10.0 Å². The lowest BCUT2D eigenvalue weighted by atomic mass is 10.1. The van der Waals surface area contributed by atoms with Gasteiger partial charge in [-0.2, -0.15) is 5.26 Å². The van der Waals surface area contributed by atoms with E-state index in [1.54, 1.807) is 38.1 Å². The van der Waals surface area contributed by atoms with Gasteiger partial charge in [0.1, 0.15) is 5.54 Å². The fourth-order valence-electron chi connectivity index (χ4n) is 1.71. The Balaban J connectivity index is 2.69. The summed E-state index contributed by atoms with van der Waals surface area (Å²) in [6.07, 6.45) is 0. The van der Waals surface area contributed by atoms with Crippen LogP contribution in [0.5, 0.6) is 0 Å². The lowest BCUT2D eigenvalue weighted by Crippen LogP contribution is -2.46. The highest BCUT2D eigenvalue weighted by atomic mass is 32.2. The molecule has 6 nitrogen and oxygen atoms in total. The standard InChI is InChI=1S/C15H21N3O3S/c1-11-5-7-13(8-6-11)18-22(20,21)9-12(2)14(19)17-15(3,4)10-16/h5-8,12,18H,9H2,1-4H3,(H,17,19). The van der Waals surface area contributed by atoms with Crippen molar-refractivity contribution in [1.29, 1.82) is 5.26 Å². The Morgan fingerprint density at radius 2 is 1.86 bits per heavy atom. The molecule has 0 spiro atoms. The molecule has 0 aromatic heterocycles. The van der Waals surface area contributed by atoms with Crippen LogP contribution in [0.25, 0.3) is 0 Å². The Morgan fingerprint density at radius 3 is 2.36 bits per heavy atom. The van der Waals surface area contributed by atoms with Crippen molar-refractivity contribution in [2.45, 2.75) is 33.2 Å². The molecule has 0 saturated carbocycles. The SMILES string of the molecule is Cc1ccc(NS(=O)(=O)CC(C)C(=O)NC(C)(C)C#N)cc1. The molecular weight excluding hydrogens is 302 g/mol. The van der Waals surface area contributed by atoms with Crippen molar-refractivity contribution in [3.05, 3.63) is 29.8 Å². The number of sulfonamides is 1. The number of carbonyl (C=O) groups excluding carboxylic acids is 1. The van der Waals surface area contributed by atoms with E-state index in [2.05, 4.69) is 10.0 Å². The molecule has 0 fully saturated rings. The van der Waals surface area contributed by atoms with Gasteiger partial charge in [0.15, 0.2) is 0 Å². The summed E-state index contributed by atoms with van der Waals surface area (Å²) in [5.41, 5.74) is 0.449. The van der Waals surface area contributed by atoms with E-state index < -0.39 is 27.4 Å². The Kier molecular flexibility index (Phi) is 5.55. The molecule has 0 bridgehead atoms. The average molecular weight is 323 g/mol. The molecule has 7 heteroatoms. The van der Waals surface area contributed by atoms with Gasteiger partial charge >= 0.3 is 0 Å². The average Bonchev–Trinajstić information content (AvgIpc) is 2.40. The minimum Gasteiger partial charge on any atom is -0.338 e. The predicted octanol–water partition coefficient (Wildman–Crippen LogP) is 1.79. The zero-order valence-electron chi connectivity index (χ0n) is 13.2. The molecule has 120 valence electrons. The molecule has 1 amide bonds. The molecule has 0 radical (unpaired) electrons. The Morgan fingerprint density at radius 1 is 1.32 bits per heavy atom. The second kappa shape index (κ2) is 6.79. The van der Waals surface area contributed by atoms with Crippen molar-refractivity contribution in [1.82, 2.24) is 5.32 Å². The molecule has 0 saturated heterocycles. The first-order chi connectivity index (χ1) is 10.0. The van der Waals surface area contributed by atoms with Crippen LogP contribution in [-0.4, -0.2) is 25.6 Å². The zero-order chi connectivity index (χ0) is 17.0. The van der Waals surface area contributed by atoms with E-state index >= 15 is 0 Å². The van der Waals surface area contributed by atoms with Gasteiger partial charge in [-0.15, -0.1) is 0 Å². The van der Waals surface area contributed by atoms with E-state index in [1.165, 1.54) is 6.92 Å². The van der Waals surface area contributed by atoms with Gasteiger partial charge in [-0.1, -0.05) is 24.6 Å². The molecule has 0 aliphatic heterocycles. The quantitative estimate of drug-likeness (QED) is 0.833. The van der Waals surface area contributed by atoms with Gasteiger partial charge in [0.05, 0.1) is 17.7 Å². The highest BCUT2D eigenvalue weighted by molar-refractivity contribution is 7.92. The van der Waals surface area contributed by atoms with E-state index in [-0.39, 0.29) is 5.75 Å². The normalized spacial score (nSPS) is 13.0.